The number of hydrogen-bond acceptors (Lipinski definition) is 2. The summed E-state index contributed by atoms with van der Waals surface area (Å²) in [5.41, 5.74) is 0. The van der Waals surface area contributed by atoms with E-state index >= 15 is 0 Å². The van der Waals surface area contributed by atoms with E-state index in [1.54, 1.807) is 0 Å². The SMILES string of the molecule is C1CCOC1.CC(C)CC(=O)O. The molecular weight excluding hydrogens is 156 g/mol. The third-order valence-electron chi connectivity index (χ3n) is 1.41. The number of carboxylic acids is 1. The summed E-state index contributed by atoms with van der Waals surface area (Å²) in [6.07, 6.45) is 2.83. The van der Waals surface area contributed by atoms with Gasteiger partial charge in [-0.2, -0.15) is 0 Å². The summed E-state index contributed by atoms with van der Waals surface area (Å²) in [5.74, 6) is -0.438. The number of rotatable bonds is 2. The standard InChI is InChI=1S/C5H10O2.C4H8O/c1-4(2)3-5(6)7;1-2-4-5-3-1/h4H,3H2,1-2H3,(H,6,7);1-4H2. The van der Waals surface area contributed by atoms with E-state index in [1.807, 2.05) is 13.8 Å². The van der Waals surface area contributed by atoms with Gasteiger partial charge in [-0.25, -0.2) is 0 Å². The Morgan fingerprint density at radius 2 is 1.92 bits per heavy atom. The van der Waals surface area contributed by atoms with Gasteiger partial charge in [-0.05, 0) is 18.8 Å². The molecule has 0 bridgehead atoms. The minimum Gasteiger partial charge on any atom is -0.481 e. The zero-order chi connectivity index (χ0) is 9.40. The third-order valence-corrected chi connectivity index (χ3v) is 1.41. The Labute approximate surface area is 73.7 Å². The summed E-state index contributed by atoms with van der Waals surface area (Å²) in [6, 6.07) is 0. The molecule has 0 aromatic carbocycles. The quantitative estimate of drug-likeness (QED) is 0.695. The maximum atomic E-state index is 9.81. The molecule has 1 saturated heterocycles. The minimum absolute atomic E-state index is 0.275. The van der Waals surface area contributed by atoms with Gasteiger partial charge in [0.2, 0.25) is 0 Å². The van der Waals surface area contributed by atoms with Crippen molar-refractivity contribution in [3.05, 3.63) is 0 Å². The fraction of sp³-hybridized carbons (Fsp3) is 0.889. The predicted octanol–water partition coefficient (Wildman–Crippen LogP) is 1.91. The smallest absolute Gasteiger partial charge is 0.303 e. The lowest BCUT2D eigenvalue weighted by atomic mass is 10.1. The summed E-state index contributed by atoms with van der Waals surface area (Å²) in [4.78, 5) is 9.81. The van der Waals surface area contributed by atoms with Crippen LogP contribution in [0, 0.1) is 5.92 Å². The Kier molecular flexibility index (Phi) is 6.76. The molecule has 3 nitrogen and oxygen atoms in total. The highest BCUT2D eigenvalue weighted by molar-refractivity contribution is 5.66. The molecule has 1 heterocycles. The van der Waals surface area contributed by atoms with E-state index in [4.69, 9.17) is 9.84 Å². The maximum absolute atomic E-state index is 9.81. The molecular formula is C9H18O3. The Balaban J connectivity index is 0.000000211. The number of ether oxygens (including phenoxy) is 1. The lowest BCUT2D eigenvalue weighted by Gasteiger charge is -1.94. The van der Waals surface area contributed by atoms with Crippen molar-refractivity contribution < 1.29 is 14.6 Å². The Morgan fingerprint density at radius 3 is 2.00 bits per heavy atom. The molecule has 0 atom stereocenters. The number of aliphatic carboxylic acids is 1. The zero-order valence-electron chi connectivity index (χ0n) is 7.88. The van der Waals surface area contributed by atoms with Crippen molar-refractivity contribution in [2.75, 3.05) is 13.2 Å². The van der Waals surface area contributed by atoms with Crippen LogP contribution in [-0.4, -0.2) is 24.3 Å². The van der Waals surface area contributed by atoms with Gasteiger partial charge in [-0.1, -0.05) is 13.8 Å². The van der Waals surface area contributed by atoms with E-state index in [0.29, 0.717) is 0 Å². The van der Waals surface area contributed by atoms with Crippen LogP contribution in [0.25, 0.3) is 0 Å². The Bertz CT molecular complexity index is 109. The van der Waals surface area contributed by atoms with Crippen molar-refractivity contribution in [2.24, 2.45) is 5.92 Å². The van der Waals surface area contributed by atoms with Crippen LogP contribution in [0.15, 0.2) is 0 Å². The average Bonchev–Trinajstić information content (AvgIpc) is 2.36. The van der Waals surface area contributed by atoms with Crippen LogP contribution in [0.4, 0.5) is 0 Å². The lowest BCUT2D eigenvalue weighted by molar-refractivity contribution is -0.137. The molecule has 1 rings (SSSR count). The Morgan fingerprint density at radius 1 is 1.42 bits per heavy atom. The van der Waals surface area contributed by atoms with Gasteiger partial charge < -0.3 is 9.84 Å². The molecule has 1 aliphatic rings. The normalized spacial score (nSPS) is 15.6. The van der Waals surface area contributed by atoms with Gasteiger partial charge in [0.1, 0.15) is 0 Å². The molecule has 0 spiro atoms. The van der Waals surface area contributed by atoms with Crippen molar-refractivity contribution in [1.82, 2.24) is 0 Å². The molecule has 0 aromatic rings. The molecule has 0 aromatic heterocycles. The van der Waals surface area contributed by atoms with E-state index in [0.717, 1.165) is 13.2 Å². The van der Waals surface area contributed by atoms with E-state index in [9.17, 15) is 4.79 Å². The van der Waals surface area contributed by atoms with Gasteiger partial charge in [0.05, 0.1) is 0 Å². The van der Waals surface area contributed by atoms with E-state index in [-0.39, 0.29) is 12.3 Å². The highest BCUT2D eigenvalue weighted by Gasteiger charge is 1.98. The molecule has 3 heteroatoms. The van der Waals surface area contributed by atoms with Crippen LogP contribution in [0.5, 0.6) is 0 Å². The van der Waals surface area contributed by atoms with Crippen LogP contribution < -0.4 is 0 Å². The molecule has 12 heavy (non-hydrogen) atoms. The largest absolute Gasteiger partial charge is 0.481 e. The average molecular weight is 174 g/mol. The first-order chi connectivity index (χ1) is 5.63. The highest BCUT2D eigenvalue weighted by Crippen LogP contribution is 1.98. The van der Waals surface area contributed by atoms with Gasteiger partial charge in [0.25, 0.3) is 0 Å². The first-order valence-electron chi connectivity index (χ1n) is 4.42. The first kappa shape index (κ1) is 11.4. The van der Waals surface area contributed by atoms with E-state index in [1.165, 1.54) is 12.8 Å². The van der Waals surface area contributed by atoms with Crippen LogP contribution >= 0.6 is 0 Å². The van der Waals surface area contributed by atoms with Crippen LogP contribution in [0.3, 0.4) is 0 Å². The third kappa shape index (κ3) is 9.43. The fourth-order valence-electron chi connectivity index (χ4n) is 0.860. The van der Waals surface area contributed by atoms with Crippen LogP contribution in [0.1, 0.15) is 33.1 Å². The Hall–Kier alpha value is -0.570. The monoisotopic (exact) mass is 174 g/mol. The van der Waals surface area contributed by atoms with Gasteiger partial charge in [-0.15, -0.1) is 0 Å². The summed E-state index contributed by atoms with van der Waals surface area (Å²) in [5, 5.41) is 8.08. The number of hydrogen-bond donors (Lipinski definition) is 1. The second-order valence-corrected chi connectivity index (χ2v) is 3.31. The molecule has 72 valence electrons. The second-order valence-electron chi connectivity index (χ2n) is 3.31. The fourth-order valence-corrected chi connectivity index (χ4v) is 0.860. The summed E-state index contributed by atoms with van der Waals surface area (Å²) < 4.78 is 4.94. The summed E-state index contributed by atoms with van der Waals surface area (Å²) >= 11 is 0. The first-order valence-corrected chi connectivity index (χ1v) is 4.42. The topological polar surface area (TPSA) is 46.5 Å². The molecule has 0 radical (unpaired) electrons. The molecule has 1 fully saturated rings. The zero-order valence-corrected chi connectivity index (χ0v) is 7.88. The molecule has 0 unspecified atom stereocenters. The number of carbonyl (C=O) groups is 1. The van der Waals surface area contributed by atoms with Crippen molar-refractivity contribution in [1.29, 1.82) is 0 Å². The summed E-state index contributed by atoms with van der Waals surface area (Å²) in [7, 11) is 0. The number of carboxylic acid groups (broad SMARTS) is 1. The molecule has 0 aliphatic carbocycles. The van der Waals surface area contributed by atoms with E-state index in [2.05, 4.69) is 0 Å². The van der Waals surface area contributed by atoms with Gasteiger partial charge in [-0.3, -0.25) is 4.79 Å². The second kappa shape index (κ2) is 7.10. The van der Waals surface area contributed by atoms with Crippen molar-refractivity contribution in [2.45, 2.75) is 33.1 Å². The van der Waals surface area contributed by atoms with Crippen molar-refractivity contribution in [3.63, 3.8) is 0 Å². The van der Waals surface area contributed by atoms with E-state index < -0.39 is 5.97 Å². The van der Waals surface area contributed by atoms with Crippen molar-refractivity contribution in [3.8, 4) is 0 Å². The van der Waals surface area contributed by atoms with Gasteiger partial charge in [0.15, 0.2) is 0 Å². The molecule has 1 N–H and O–H groups in total. The van der Waals surface area contributed by atoms with Crippen LogP contribution in [-0.2, 0) is 9.53 Å². The highest BCUT2D eigenvalue weighted by atomic mass is 16.5. The molecule has 1 aliphatic heterocycles. The lowest BCUT2D eigenvalue weighted by Crippen LogP contribution is -1.99. The van der Waals surface area contributed by atoms with Crippen LogP contribution in [0.2, 0.25) is 0 Å². The molecule has 0 amide bonds. The van der Waals surface area contributed by atoms with Gasteiger partial charge in [0, 0.05) is 19.6 Å². The van der Waals surface area contributed by atoms with Crippen molar-refractivity contribution >= 4 is 5.97 Å². The maximum Gasteiger partial charge on any atom is 0.303 e. The predicted molar refractivity (Wildman–Crippen MR) is 47.1 cm³/mol. The summed E-state index contributed by atoms with van der Waals surface area (Å²) in [6.45, 7) is 5.77. The van der Waals surface area contributed by atoms with Gasteiger partial charge >= 0.3 is 5.97 Å². The molecule has 0 saturated carbocycles. The minimum atomic E-state index is -0.713.